The zero-order valence-electron chi connectivity index (χ0n) is 11.9. The third-order valence-corrected chi connectivity index (χ3v) is 4.61. The van der Waals surface area contributed by atoms with Gasteiger partial charge in [-0.2, -0.15) is 0 Å². The third kappa shape index (κ3) is 3.69. The normalized spacial score (nSPS) is 34.2. The zero-order valence-corrected chi connectivity index (χ0v) is 11.9. The number of likely N-dealkylation sites (N-methyl/N-ethyl adjacent to an activating group) is 2. The summed E-state index contributed by atoms with van der Waals surface area (Å²) in [4.78, 5) is 2.76. The fraction of sp³-hybridized carbons (Fsp3) is 1.00. The van der Waals surface area contributed by atoms with Gasteiger partial charge in [0.25, 0.3) is 0 Å². The van der Waals surface area contributed by atoms with E-state index >= 15 is 0 Å². The summed E-state index contributed by atoms with van der Waals surface area (Å²) in [5, 5.41) is 3.72. The van der Waals surface area contributed by atoms with Crippen LogP contribution in [0.1, 0.15) is 52.9 Å². The maximum absolute atomic E-state index is 3.72. The average molecular weight is 238 g/mol. The van der Waals surface area contributed by atoms with Crippen LogP contribution in [0.5, 0.6) is 0 Å². The Balaban J connectivity index is 1.94. The lowest BCUT2D eigenvalue weighted by Crippen LogP contribution is -2.53. The Kier molecular flexibility index (Phi) is 4.87. The Morgan fingerprint density at radius 1 is 1.12 bits per heavy atom. The zero-order chi connectivity index (χ0) is 12.3. The van der Waals surface area contributed by atoms with Gasteiger partial charge in [-0.1, -0.05) is 20.8 Å². The van der Waals surface area contributed by atoms with Crippen LogP contribution in [0.15, 0.2) is 0 Å². The molecule has 1 N–H and O–H groups in total. The number of nitrogens with one attached hydrogen (secondary N) is 1. The van der Waals surface area contributed by atoms with Gasteiger partial charge in [0.15, 0.2) is 0 Å². The van der Waals surface area contributed by atoms with Crippen LogP contribution in [0, 0.1) is 11.8 Å². The predicted octanol–water partition coefficient (Wildman–Crippen LogP) is 2.89. The highest BCUT2D eigenvalue weighted by Gasteiger charge is 2.34. The van der Waals surface area contributed by atoms with Crippen molar-refractivity contribution in [1.82, 2.24) is 10.2 Å². The van der Waals surface area contributed by atoms with Crippen LogP contribution >= 0.6 is 0 Å². The second-order valence-electron chi connectivity index (χ2n) is 6.18. The van der Waals surface area contributed by atoms with E-state index in [9.17, 15) is 0 Å². The summed E-state index contributed by atoms with van der Waals surface area (Å²) in [6.07, 6.45) is 7.14. The van der Waals surface area contributed by atoms with E-state index in [1.54, 1.807) is 0 Å². The molecule has 3 atom stereocenters. The van der Waals surface area contributed by atoms with Gasteiger partial charge in [-0.15, -0.1) is 0 Å². The second kappa shape index (κ2) is 6.19. The third-order valence-electron chi connectivity index (χ3n) is 4.61. The van der Waals surface area contributed by atoms with Crippen molar-refractivity contribution in [3.05, 3.63) is 0 Å². The first-order chi connectivity index (χ1) is 8.24. The number of nitrogens with zero attached hydrogens (tertiary/aromatic N) is 1. The highest BCUT2D eigenvalue weighted by molar-refractivity contribution is 4.91. The molecule has 0 aromatic heterocycles. The van der Waals surface area contributed by atoms with Gasteiger partial charge in [-0.3, -0.25) is 4.90 Å². The van der Waals surface area contributed by atoms with Crippen LogP contribution in [0.3, 0.4) is 0 Å². The van der Waals surface area contributed by atoms with E-state index in [0.717, 1.165) is 30.5 Å². The molecule has 100 valence electrons. The summed E-state index contributed by atoms with van der Waals surface area (Å²) in [6.45, 7) is 10.7. The van der Waals surface area contributed by atoms with E-state index in [4.69, 9.17) is 0 Å². The minimum atomic E-state index is 0.745. The first-order valence-corrected chi connectivity index (χ1v) is 7.72. The van der Waals surface area contributed by atoms with Crippen molar-refractivity contribution < 1.29 is 0 Å². The summed E-state index contributed by atoms with van der Waals surface area (Å²) in [5.41, 5.74) is 0. The smallest absolute Gasteiger partial charge is 0.0251 e. The summed E-state index contributed by atoms with van der Waals surface area (Å²) in [7, 11) is 0. The van der Waals surface area contributed by atoms with Gasteiger partial charge < -0.3 is 5.32 Å². The Hall–Kier alpha value is -0.0800. The second-order valence-corrected chi connectivity index (χ2v) is 6.18. The van der Waals surface area contributed by atoms with E-state index < -0.39 is 0 Å². The fourth-order valence-electron chi connectivity index (χ4n) is 3.39. The Morgan fingerprint density at radius 3 is 2.47 bits per heavy atom. The molecule has 2 saturated carbocycles. The monoisotopic (exact) mass is 238 g/mol. The van der Waals surface area contributed by atoms with Crippen LogP contribution in [0.4, 0.5) is 0 Å². The van der Waals surface area contributed by atoms with Crippen LogP contribution in [-0.4, -0.2) is 36.6 Å². The number of rotatable bonds is 6. The molecule has 2 fully saturated rings. The molecule has 3 unspecified atom stereocenters. The molecule has 2 rings (SSSR count). The number of hydrogen-bond donors (Lipinski definition) is 1. The molecule has 0 spiro atoms. The van der Waals surface area contributed by atoms with Crippen molar-refractivity contribution in [2.24, 2.45) is 11.8 Å². The average Bonchev–Trinajstić information content (AvgIpc) is 3.13. The maximum atomic E-state index is 3.72. The van der Waals surface area contributed by atoms with Gasteiger partial charge in [-0.05, 0) is 57.0 Å². The molecule has 0 saturated heterocycles. The molecule has 0 heterocycles. The Morgan fingerprint density at radius 2 is 1.88 bits per heavy atom. The molecular formula is C15H30N2. The standard InChI is InChI=1S/C15H30N2/c1-4-16-14-9-6-12(3)10-15(14)17(5-2)11-13-7-8-13/h12-16H,4-11H2,1-3H3. The number of hydrogen-bond acceptors (Lipinski definition) is 2. The van der Waals surface area contributed by atoms with E-state index in [-0.39, 0.29) is 0 Å². The Bertz CT molecular complexity index is 225. The van der Waals surface area contributed by atoms with Gasteiger partial charge in [0.05, 0.1) is 0 Å². The van der Waals surface area contributed by atoms with Gasteiger partial charge >= 0.3 is 0 Å². The lowest BCUT2D eigenvalue weighted by molar-refractivity contribution is 0.102. The van der Waals surface area contributed by atoms with Crippen LogP contribution in [0.25, 0.3) is 0 Å². The molecule has 2 nitrogen and oxygen atoms in total. The molecule has 2 aliphatic rings. The van der Waals surface area contributed by atoms with Crippen molar-refractivity contribution in [2.45, 2.75) is 65.0 Å². The van der Waals surface area contributed by atoms with E-state index in [2.05, 4.69) is 31.0 Å². The minimum Gasteiger partial charge on any atom is -0.313 e. The molecule has 2 heteroatoms. The lowest BCUT2D eigenvalue weighted by Gasteiger charge is -2.42. The lowest BCUT2D eigenvalue weighted by atomic mass is 9.82. The van der Waals surface area contributed by atoms with Crippen LogP contribution in [-0.2, 0) is 0 Å². The van der Waals surface area contributed by atoms with E-state index in [1.807, 2.05) is 0 Å². The first-order valence-electron chi connectivity index (χ1n) is 7.72. The summed E-state index contributed by atoms with van der Waals surface area (Å²) in [6, 6.07) is 1.54. The highest BCUT2D eigenvalue weighted by atomic mass is 15.2. The molecule has 2 aliphatic carbocycles. The van der Waals surface area contributed by atoms with E-state index in [0.29, 0.717) is 0 Å². The summed E-state index contributed by atoms with van der Waals surface area (Å²) >= 11 is 0. The first kappa shape index (κ1) is 13.4. The molecular weight excluding hydrogens is 208 g/mol. The quantitative estimate of drug-likeness (QED) is 0.765. The highest BCUT2D eigenvalue weighted by Crippen LogP contribution is 2.33. The van der Waals surface area contributed by atoms with Crippen molar-refractivity contribution in [3.8, 4) is 0 Å². The van der Waals surface area contributed by atoms with Crippen molar-refractivity contribution in [1.29, 1.82) is 0 Å². The van der Waals surface area contributed by atoms with Gasteiger partial charge in [0, 0.05) is 18.6 Å². The van der Waals surface area contributed by atoms with Crippen LogP contribution < -0.4 is 5.32 Å². The van der Waals surface area contributed by atoms with Gasteiger partial charge in [0.1, 0.15) is 0 Å². The predicted molar refractivity (Wildman–Crippen MR) is 74.2 cm³/mol. The summed E-state index contributed by atoms with van der Waals surface area (Å²) in [5.74, 6) is 1.94. The largest absolute Gasteiger partial charge is 0.313 e. The maximum Gasteiger partial charge on any atom is 0.0251 e. The van der Waals surface area contributed by atoms with E-state index in [1.165, 1.54) is 45.2 Å². The van der Waals surface area contributed by atoms with Crippen molar-refractivity contribution in [3.63, 3.8) is 0 Å². The molecule has 0 aliphatic heterocycles. The van der Waals surface area contributed by atoms with Gasteiger partial charge in [0.2, 0.25) is 0 Å². The molecule has 17 heavy (non-hydrogen) atoms. The van der Waals surface area contributed by atoms with Crippen molar-refractivity contribution in [2.75, 3.05) is 19.6 Å². The SMILES string of the molecule is CCNC1CCC(C)CC1N(CC)CC1CC1. The minimum absolute atomic E-state index is 0.745. The van der Waals surface area contributed by atoms with Crippen LogP contribution in [0.2, 0.25) is 0 Å². The topological polar surface area (TPSA) is 15.3 Å². The molecule has 0 bridgehead atoms. The molecule has 0 aromatic carbocycles. The fourth-order valence-corrected chi connectivity index (χ4v) is 3.39. The summed E-state index contributed by atoms with van der Waals surface area (Å²) < 4.78 is 0. The molecule has 0 amide bonds. The Labute approximate surface area is 107 Å². The molecule has 0 aromatic rings. The van der Waals surface area contributed by atoms with Crippen molar-refractivity contribution >= 4 is 0 Å². The molecule has 0 radical (unpaired) electrons. The van der Waals surface area contributed by atoms with Gasteiger partial charge in [-0.25, -0.2) is 0 Å².